The summed E-state index contributed by atoms with van der Waals surface area (Å²) in [6.45, 7) is -1.46. The van der Waals surface area contributed by atoms with Crippen molar-refractivity contribution in [3.8, 4) is 0 Å². The van der Waals surface area contributed by atoms with Gasteiger partial charge in [-0.05, 0) is 0 Å². The summed E-state index contributed by atoms with van der Waals surface area (Å²) in [6.07, 6.45) is -4.04. The maximum Gasteiger partial charge on any atom is 0.524 e. The van der Waals surface area contributed by atoms with E-state index in [4.69, 9.17) is 29.8 Å². The molecule has 18 heavy (non-hydrogen) atoms. The summed E-state index contributed by atoms with van der Waals surface area (Å²) >= 11 is 0. The summed E-state index contributed by atoms with van der Waals surface area (Å²) in [5.41, 5.74) is 0. The molecule has 0 radical (unpaired) electrons. The molecule has 0 fully saturated rings. The fourth-order valence-electron chi connectivity index (χ4n) is 0.973. The highest BCUT2D eigenvalue weighted by Gasteiger charge is 2.54. The quantitative estimate of drug-likeness (QED) is 0.290. The van der Waals surface area contributed by atoms with Crippen LogP contribution in [0.25, 0.3) is 0 Å². The number of amides is 2. The van der Waals surface area contributed by atoms with Crippen molar-refractivity contribution in [3.63, 3.8) is 0 Å². The summed E-state index contributed by atoms with van der Waals surface area (Å²) in [7, 11) is -10.2. The van der Waals surface area contributed by atoms with E-state index in [2.05, 4.69) is 0 Å². The first-order valence-corrected chi connectivity index (χ1v) is 7.52. The third kappa shape index (κ3) is 3.85. The summed E-state index contributed by atoms with van der Waals surface area (Å²) < 4.78 is 19.8. The summed E-state index contributed by atoms with van der Waals surface area (Å²) in [5, 5.41) is 14.6. The van der Waals surface area contributed by atoms with Gasteiger partial charge < -0.3 is 29.8 Å². The van der Waals surface area contributed by atoms with Crippen molar-refractivity contribution in [2.75, 3.05) is 13.6 Å². The van der Waals surface area contributed by atoms with Crippen molar-refractivity contribution in [1.29, 1.82) is 0 Å². The lowest BCUT2D eigenvalue weighted by molar-refractivity contribution is -0.761. The van der Waals surface area contributed by atoms with Crippen molar-refractivity contribution < 1.29 is 53.0 Å². The molecule has 0 aromatic heterocycles. The second kappa shape index (κ2) is 5.06. The van der Waals surface area contributed by atoms with Crippen LogP contribution in [0.4, 0.5) is 9.59 Å². The molecule has 106 valence electrons. The molecular formula is C5H12NO10P2+. The Hall–Kier alpha value is -0.800. The van der Waals surface area contributed by atoms with E-state index in [1.54, 1.807) is 0 Å². The van der Waals surface area contributed by atoms with E-state index in [-0.39, 0.29) is 0 Å². The van der Waals surface area contributed by atoms with Gasteiger partial charge in [-0.1, -0.05) is 0 Å². The average Bonchev–Trinajstić information content (AvgIpc) is 2.08. The van der Waals surface area contributed by atoms with Crippen molar-refractivity contribution in [1.82, 2.24) is 0 Å². The zero-order chi connectivity index (χ0) is 14.9. The van der Waals surface area contributed by atoms with Crippen LogP contribution in [0.1, 0.15) is 0 Å². The van der Waals surface area contributed by atoms with E-state index >= 15 is 0 Å². The first-order chi connectivity index (χ1) is 7.73. The van der Waals surface area contributed by atoms with Crippen LogP contribution in [0.5, 0.6) is 0 Å². The molecule has 0 rings (SSSR count). The molecule has 0 aromatic carbocycles. The lowest BCUT2D eigenvalue weighted by Gasteiger charge is -2.27. The van der Waals surface area contributed by atoms with Crippen molar-refractivity contribution in [2.24, 2.45) is 0 Å². The van der Waals surface area contributed by atoms with Crippen LogP contribution in [0, 0.1) is 0 Å². The predicted octanol–water partition coefficient (Wildman–Crippen LogP) is -0.530. The lowest BCUT2D eigenvalue weighted by Crippen LogP contribution is -2.55. The summed E-state index contributed by atoms with van der Waals surface area (Å²) in [5.74, 6) is 0. The molecule has 0 aliphatic carbocycles. The minimum Gasteiger partial charge on any atom is -0.435 e. The molecule has 6 N–H and O–H groups in total. The molecule has 0 heterocycles. The molecule has 13 heteroatoms. The maximum atomic E-state index is 10.9. The molecule has 0 aliphatic heterocycles. The largest absolute Gasteiger partial charge is 0.524 e. The van der Waals surface area contributed by atoms with E-state index in [9.17, 15) is 18.7 Å². The monoisotopic (exact) mass is 308 g/mol. The highest BCUT2D eigenvalue weighted by Crippen LogP contribution is 2.60. The van der Waals surface area contributed by atoms with E-state index in [1.165, 1.54) is 0 Å². The standard InChI is InChI=1S/C5H11NO10P2/c1-6(4(7)8,5(9)10)2-3(17(11,12)13)18(14,15)16/h3H,2H2,1H3,(H5-,7,8,9,10,11,12,13,14,15,16)/p+1. The zero-order valence-corrected chi connectivity index (χ0v) is 10.7. The van der Waals surface area contributed by atoms with Gasteiger partial charge in [-0.2, -0.15) is 9.59 Å². The fraction of sp³-hybridized carbons (Fsp3) is 0.600. The highest BCUT2D eigenvalue weighted by molar-refractivity contribution is 7.70. The normalized spacial score (nSPS) is 13.7. The van der Waals surface area contributed by atoms with Gasteiger partial charge in [0, 0.05) is 0 Å². The third-order valence-electron chi connectivity index (χ3n) is 2.15. The van der Waals surface area contributed by atoms with Crippen LogP contribution in [-0.4, -0.2) is 65.4 Å². The minimum absolute atomic E-state index is 0.545. The van der Waals surface area contributed by atoms with E-state index in [1.807, 2.05) is 0 Å². The second-order valence-corrected chi connectivity index (χ2v) is 7.61. The van der Waals surface area contributed by atoms with Gasteiger partial charge in [0.15, 0.2) is 0 Å². The van der Waals surface area contributed by atoms with Crippen LogP contribution in [0.2, 0.25) is 0 Å². The number of imide groups is 1. The summed E-state index contributed by atoms with van der Waals surface area (Å²) in [4.78, 5) is 56.5. The van der Waals surface area contributed by atoms with Gasteiger partial charge in [0.05, 0.1) is 7.05 Å². The Kier molecular flexibility index (Phi) is 4.83. The fourth-order valence-corrected chi connectivity index (χ4v) is 3.62. The first kappa shape index (κ1) is 17.2. The number of quaternary nitrogens is 1. The molecule has 2 amide bonds. The van der Waals surface area contributed by atoms with Crippen LogP contribution < -0.4 is 0 Å². The molecule has 0 saturated heterocycles. The van der Waals surface area contributed by atoms with Crippen molar-refractivity contribution >= 4 is 27.4 Å². The number of hydrogen-bond donors (Lipinski definition) is 6. The van der Waals surface area contributed by atoms with Gasteiger partial charge in [0.25, 0.3) is 0 Å². The van der Waals surface area contributed by atoms with Gasteiger partial charge in [-0.15, -0.1) is 4.48 Å². The van der Waals surface area contributed by atoms with Crippen LogP contribution in [0.15, 0.2) is 0 Å². The second-order valence-electron chi connectivity index (χ2n) is 3.60. The van der Waals surface area contributed by atoms with Crippen LogP contribution in [-0.2, 0) is 9.13 Å². The van der Waals surface area contributed by atoms with Gasteiger partial charge >= 0.3 is 27.4 Å². The van der Waals surface area contributed by atoms with Crippen LogP contribution >= 0.6 is 15.2 Å². The molecule has 0 atom stereocenters. The smallest absolute Gasteiger partial charge is 0.435 e. The van der Waals surface area contributed by atoms with E-state index < -0.39 is 43.8 Å². The Labute approximate surface area is 100 Å². The summed E-state index contributed by atoms with van der Waals surface area (Å²) in [6, 6.07) is 0. The Morgan fingerprint density at radius 1 is 1.00 bits per heavy atom. The average molecular weight is 308 g/mol. The molecule has 11 nitrogen and oxygen atoms in total. The topological polar surface area (TPSA) is 190 Å². The number of carbonyl (C=O) groups is 2. The highest BCUT2D eigenvalue weighted by atomic mass is 31.2. The van der Waals surface area contributed by atoms with Gasteiger partial charge in [0.2, 0.25) is 5.40 Å². The number of hydrogen-bond acceptors (Lipinski definition) is 4. The Bertz CT molecular complexity index is 411. The lowest BCUT2D eigenvalue weighted by atomic mass is 10.5. The molecule has 0 aliphatic rings. The first-order valence-electron chi connectivity index (χ1n) is 4.16. The molecular weight excluding hydrogens is 296 g/mol. The van der Waals surface area contributed by atoms with Crippen molar-refractivity contribution in [3.05, 3.63) is 0 Å². The Morgan fingerprint density at radius 2 is 1.28 bits per heavy atom. The molecule has 0 spiro atoms. The third-order valence-corrected chi connectivity index (χ3v) is 5.83. The van der Waals surface area contributed by atoms with E-state index in [0.29, 0.717) is 7.05 Å². The van der Waals surface area contributed by atoms with Gasteiger partial charge in [0.1, 0.15) is 6.54 Å². The zero-order valence-electron chi connectivity index (χ0n) is 8.94. The molecule has 0 saturated carbocycles. The Morgan fingerprint density at radius 3 is 1.44 bits per heavy atom. The maximum absolute atomic E-state index is 10.9. The van der Waals surface area contributed by atoms with Gasteiger partial charge in [-0.25, -0.2) is 0 Å². The molecule has 0 unspecified atom stereocenters. The molecule has 0 bridgehead atoms. The number of carboxylic acid groups (broad SMARTS) is 2. The van der Waals surface area contributed by atoms with Crippen LogP contribution in [0.3, 0.4) is 0 Å². The number of rotatable bonds is 4. The van der Waals surface area contributed by atoms with Gasteiger partial charge in [-0.3, -0.25) is 9.13 Å². The van der Waals surface area contributed by atoms with Crippen molar-refractivity contribution in [2.45, 2.75) is 5.40 Å². The van der Waals surface area contributed by atoms with E-state index in [0.717, 1.165) is 0 Å². The predicted molar refractivity (Wildman–Crippen MR) is 55.0 cm³/mol. The minimum atomic E-state index is -5.38. The molecule has 0 aromatic rings. The number of nitrogens with zero attached hydrogens (tertiary/aromatic N) is 1. The Balaban J connectivity index is 5.61. The SMILES string of the molecule is C[N+](CC(P(=O)(O)O)P(=O)(O)O)(C(=O)O)C(=O)O.